The van der Waals surface area contributed by atoms with Crippen LogP contribution in [0.2, 0.25) is 5.02 Å². The molecular formula is C14H11ClF3N. The molecule has 19 heavy (non-hydrogen) atoms. The third-order valence-electron chi connectivity index (χ3n) is 2.64. The lowest BCUT2D eigenvalue weighted by Crippen LogP contribution is -2.02. The fourth-order valence-corrected chi connectivity index (χ4v) is 1.93. The lowest BCUT2D eigenvalue weighted by Gasteiger charge is -2.10. The maximum absolute atomic E-state index is 13.5. The van der Waals surface area contributed by atoms with E-state index in [0.717, 1.165) is 0 Å². The number of para-hydroxylation sites is 1. The van der Waals surface area contributed by atoms with E-state index in [1.54, 1.807) is 18.2 Å². The van der Waals surface area contributed by atoms with E-state index in [1.165, 1.54) is 24.3 Å². The Hall–Kier alpha value is -1.68. The van der Waals surface area contributed by atoms with Crippen LogP contribution in [0.5, 0.6) is 0 Å². The summed E-state index contributed by atoms with van der Waals surface area (Å²) in [6.45, 7) is 0.223. The first kappa shape index (κ1) is 13.7. The summed E-state index contributed by atoms with van der Waals surface area (Å²) in [5.74, 6) is -0.475. The number of hydrogen-bond donors (Lipinski definition) is 1. The van der Waals surface area contributed by atoms with Gasteiger partial charge in [0.15, 0.2) is 0 Å². The maximum atomic E-state index is 13.5. The van der Waals surface area contributed by atoms with Gasteiger partial charge in [-0.1, -0.05) is 35.9 Å². The van der Waals surface area contributed by atoms with E-state index in [-0.39, 0.29) is 22.8 Å². The van der Waals surface area contributed by atoms with Crippen molar-refractivity contribution in [2.45, 2.75) is 13.0 Å². The summed E-state index contributed by atoms with van der Waals surface area (Å²) >= 11 is 5.85. The number of halogens is 4. The van der Waals surface area contributed by atoms with E-state index in [2.05, 4.69) is 5.32 Å². The van der Waals surface area contributed by atoms with E-state index >= 15 is 0 Å². The summed E-state index contributed by atoms with van der Waals surface area (Å²) in [6.07, 6.45) is -2.52. The van der Waals surface area contributed by atoms with Gasteiger partial charge in [-0.15, -0.1) is 0 Å². The minimum Gasteiger partial charge on any atom is -0.377 e. The Morgan fingerprint density at radius 2 is 1.84 bits per heavy atom. The zero-order valence-corrected chi connectivity index (χ0v) is 10.6. The normalized spacial score (nSPS) is 10.8. The molecule has 1 N–H and O–H groups in total. The predicted molar refractivity (Wildman–Crippen MR) is 70.1 cm³/mol. The molecule has 0 saturated heterocycles. The second-order valence-electron chi connectivity index (χ2n) is 4.00. The average molecular weight is 286 g/mol. The minimum absolute atomic E-state index is 0.0565. The minimum atomic E-state index is -2.52. The molecule has 0 amide bonds. The fourth-order valence-electron chi connectivity index (χ4n) is 1.70. The van der Waals surface area contributed by atoms with E-state index < -0.39 is 12.2 Å². The monoisotopic (exact) mass is 285 g/mol. The van der Waals surface area contributed by atoms with Gasteiger partial charge in [0.05, 0.1) is 10.7 Å². The van der Waals surface area contributed by atoms with Crippen LogP contribution in [0, 0.1) is 5.82 Å². The van der Waals surface area contributed by atoms with Gasteiger partial charge in [0, 0.05) is 12.1 Å². The molecular weight excluding hydrogens is 275 g/mol. The molecule has 2 aromatic rings. The Morgan fingerprint density at radius 1 is 1.11 bits per heavy atom. The van der Waals surface area contributed by atoms with Gasteiger partial charge in [0.1, 0.15) is 5.82 Å². The molecule has 0 radical (unpaired) electrons. The molecule has 0 fully saturated rings. The summed E-state index contributed by atoms with van der Waals surface area (Å²) in [4.78, 5) is 0. The zero-order chi connectivity index (χ0) is 13.8. The first-order chi connectivity index (χ1) is 9.08. The molecule has 0 unspecified atom stereocenters. The van der Waals surface area contributed by atoms with Crippen LogP contribution in [0.3, 0.4) is 0 Å². The first-order valence-electron chi connectivity index (χ1n) is 5.63. The Morgan fingerprint density at radius 3 is 2.53 bits per heavy atom. The molecule has 1 nitrogen and oxygen atoms in total. The first-order valence-corrected chi connectivity index (χ1v) is 6.00. The highest BCUT2D eigenvalue weighted by Gasteiger charge is 2.09. The number of anilines is 1. The van der Waals surface area contributed by atoms with Gasteiger partial charge in [-0.2, -0.15) is 0 Å². The standard InChI is InChI=1S/C14H11ClF3N/c15-11-5-2-6-12(16)13(11)19-8-9-3-1-4-10(7-9)14(17)18/h1-7,14,19H,8H2. The molecule has 0 atom stereocenters. The van der Waals surface area contributed by atoms with Gasteiger partial charge < -0.3 is 5.32 Å². The van der Waals surface area contributed by atoms with Crippen molar-refractivity contribution in [3.05, 3.63) is 64.4 Å². The number of benzene rings is 2. The number of hydrogen-bond acceptors (Lipinski definition) is 1. The van der Waals surface area contributed by atoms with Crippen molar-refractivity contribution >= 4 is 17.3 Å². The van der Waals surface area contributed by atoms with Crippen molar-refractivity contribution in [3.8, 4) is 0 Å². The zero-order valence-electron chi connectivity index (χ0n) is 9.84. The van der Waals surface area contributed by atoms with Crippen molar-refractivity contribution in [2.24, 2.45) is 0 Å². The summed E-state index contributed by atoms with van der Waals surface area (Å²) in [5.41, 5.74) is 0.752. The van der Waals surface area contributed by atoms with Gasteiger partial charge in [-0.3, -0.25) is 0 Å². The van der Waals surface area contributed by atoms with Crippen molar-refractivity contribution in [3.63, 3.8) is 0 Å². The highest BCUT2D eigenvalue weighted by atomic mass is 35.5. The van der Waals surface area contributed by atoms with E-state index in [1.807, 2.05) is 0 Å². The molecule has 0 heterocycles. The van der Waals surface area contributed by atoms with Crippen LogP contribution in [-0.4, -0.2) is 0 Å². The SMILES string of the molecule is Fc1cccc(Cl)c1NCc1cccc(C(F)F)c1. The van der Waals surface area contributed by atoms with E-state index in [9.17, 15) is 13.2 Å². The molecule has 0 aromatic heterocycles. The van der Waals surface area contributed by atoms with Gasteiger partial charge in [0.2, 0.25) is 0 Å². The lowest BCUT2D eigenvalue weighted by molar-refractivity contribution is 0.151. The molecule has 0 aliphatic heterocycles. The molecule has 2 rings (SSSR count). The van der Waals surface area contributed by atoms with Crippen LogP contribution >= 0.6 is 11.6 Å². The van der Waals surface area contributed by atoms with E-state index in [4.69, 9.17) is 11.6 Å². The largest absolute Gasteiger partial charge is 0.377 e. The third kappa shape index (κ3) is 3.41. The summed E-state index contributed by atoms with van der Waals surface area (Å²) in [5, 5.41) is 3.07. The number of rotatable bonds is 4. The molecule has 0 aliphatic carbocycles. The second-order valence-corrected chi connectivity index (χ2v) is 4.40. The van der Waals surface area contributed by atoms with Crippen molar-refractivity contribution in [1.29, 1.82) is 0 Å². The van der Waals surface area contributed by atoms with Gasteiger partial charge in [-0.25, -0.2) is 13.2 Å². The fraction of sp³-hybridized carbons (Fsp3) is 0.143. The molecule has 0 bridgehead atoms. The van der Waals surface area contributed by atoms with Crippen LogP contribution < -0.4 is 5.32 Å². The van der Waals surface area contributed by atoms with Gasteiger partial charge >= 0.3 is 0 Å². The molecule has 5 heteroatoms. The lowest BCUT2D eigenvalue weighted by atomic mass is 10.1. The second kappa shape index (κ2) is 5.97. The summed E-state index contributed by atoms with van der Waals surface area (Å²) in [7, 11) is 0. The van der Waals surface area contributed by atoms with Crippen molar-refractivity contribution in [2.75, 3.05) is 5.32 Å². The molecule has 2 aromatic carbocycles. The summed E-state index contributed by atoms with van der Waals surface area (Å²) < 4.78 is 38.6. The molecule has 0 spiro atoms. The smallest absolute Gasteiger partial charge is 0.263 e. The Balaban J connectivity index is 2.12. The average Bonchev–Trinajstić information content (AvgIpc) is 2.38. The van der Waals surface area contributed by atoms with E-state index in [0.29, 0.717) is 5.56 Å². The Bertz CT molecular complexity index is 552. The Kier molecular flexibility index (Phi) is 4.32. The summed E-state index contributed by atoms with van der Waals surface area (Å²) in [6, 6.07) is 10.3. The highest BCUT2D eigenvalue weighted by Crippen LogP contribution is 2.25. The number of nitrogens with one attached hydrogen (secondary N) is 1. The van der Waals surface area contributed by atoms with Crippen LogP contribution in [0.1, 0.15) is 17.6 Å². The van der Waals surface area contributed by atoms with Crippen molar-refractivity contribution in [1.82, 2.24) is 0 Å². The van der Waals surface area contributed by atoms with Crippen LogP contribution in [-0.2, 0) is 6.54 Å². The quantitative estimate of drug-likeness (QED) is 0.831. The topological polar surface area (TPSA) is 12.0 Å². The van der Waals surface area contributed by atoms with Crippen LogP contribution in [0.15, 0.2) is 42.5 Å². The van der Waals surface area contributed by atoms with Crippen LogP contribution in [0.4, 0.5) is 18.9 Å². The molecule has 100 valence electrons. The Labute approximate surface area is 114 Å². The van der Waals surface area contributed by atoms with Crippen LogP contribution in [0.25, 0.3) is 0 Å². The molecule has 0 aliphatic rings. The number of alkyl halides is 2. The third-order valence-corrected chi connectivity index (χ3v) is 2.95. The van der Waals surface area contributed by atoms with Crippen molar-refractivity contribution < 1.29 is 13.2 Å². The highest BCUT2D eigenvalue weighted by molar-refractivity contribution is 6.33. The maximum Gasteiger partial charge on any atom is 0.263 e. The van der Waals surface area contributed by atoms with Gasteiger partial charge in [-0.05, 0) is 23.8 Å². The molecule has 0 saturated carbocycles. The predicted octanol–water partition coefficient (Wildman–Crippen LogP) is 5.03. The van der Waals surface area contributed by atoms with Gasteiger partial charge in [0.25, 0.3) is 6.43 Å².